The lowest BCUT2D eigenvalue weighted by Gasteiger charge is -2.60. The van der Waals surface area contributed by atoms with E-state index in [-0.39, 0.29) is 16.2 Å². The Kier molecular flexibility index (Phi) is 5.87. The number of benzene rings is 1. The quantitative estimate of drug-likeness (QED) is 0.510. The van der Waals surface area contributed by atoms with Crippen molar-refractivity contribution in [3.05, 3.63) is 52.7 Å². The van der Waals surface area contributed by atoms with Gasteiger partial charge in [-0.05, 0) is 17.2 Å². The molecule has 1 unspecified atom stereocenters. The first-order chi connectivity index (χ1) is 16.1. The molecule has 4 heterocycles. The Labute approximate surface area is 201 Å². The van der Waals surface area contributed by atoms with Crippen molar-refractivity contribution in [1.82, 2.24) is 14.9 Å². The number of anilines is 1. The van der Waals surface area contributed by atoms with E-state index < -0.39 is 23.4 Å². The minimum atomic E-state index is -4.25. The summed E-state index contributed by atoms with van der Waals surface area (Å²) in [5.41, 5.74) is 1.94. The predicted molar refractivity (Wildman–Crippen MR) is 126 cm³/mol. The summed E-state index contributed by atoms with van der Waals surface area (Å²) < 4.78 is 49.7. The lowest BCUT2D eigenvalue weighted by atomic mass is 9.72. The summed E-state index contributed by atoms with van der Waals surface area (Å²) in [5, 5.41) is 0.657. The van der Waals surface area contributed by atoms with Gasteiger partial charge < -0.3 is 9.80 Å². The fourth-order valence-electron chi connectivity index (χ4n) is 4.76. The molecule has 0 saturated carbocycles. The Morgan fingerprint density at radius 1 is 1.12 bits per heavy atom. The van der Waals surface area contributed by atoms with E-state index in [1.54, 1.807) is 12.3 Å². The maximum atomic E-state index is 12.8. The molecule has 0 N–H and O–H groups in total. The number of fused-ring (bicyclic) bond motifs is 1. The minimum Gasteiger partial charge on any atom is -0.354 e. The van der Waals surface area contributed by atoms with Crippen molar-refractivity contribution in [2.75, 3.05) is 37.3 Å². The minimum absolute atomic E-state index is 0.0206. The molecular formula is C23H23F3N4O2S2. The molecule has 6 nitrogen and oxygen atoms in total. The van der Waals surface area contributed by atoms with Gasteiger partial charge in [-0.1, -0.05) is 24.3 Å². The number of amides is 1. The van der Waals surface area contributed by atoms with Gasteiger partial charge in [0, 0.05) is 59.3 Å². The van der Waals surface area contributed by atoms with Crippen molar-refractivity contribution >= 4 is 44.1 Å². The molecule has 5 rings (SSSR count). The Morgan fingerprint density at radius 2 is 1.79 bits per heavy atom. The van der Waals surface area contributed by atoms with Crippen LogP contribution in [0.5, 0.6) is 0 Å². The first-order valence-electron chi connectivity index (χ1n) is 10.8. The number of rotatable bonds is 6. The van der Waals surface area contributed by atoms with Gasteiger partial charge >= 0.3 is 6.18 Å². The van der Waals surface area contributed by atoms with Crippen LogP contribution in [0.15, 0.2) is 36.7 Å². The molecule has 0 radical (unpaired) electrons. The van der Waals surface area contributed by atoms with Gasteiger partial charge in [0.1, 0.15) is 17.0 Å². The number of carbonyl (C=O) groups is 1. The Hall–Kier alpha value is -2.53. The van der Waals surface area contributed by atoms with Crippen LogP contribution in [-0.2, 0) is 34.2 Å². The van der Waals surface area contributed by atoms with Gasteiger partial charge in [-0.25, -0.2) is 9.97 Å². The number of carbonyl (C=O) groups excluding carboxylic acids is 1. The molecule has 2 saturated heterocycles. The van der Waals surface area contributed by atoms with Crippen LogP contribution in [0, 0.1) is 5.41 Å². The van der Waals surface area contributed by atoms with Crippen molar-refractivity contribution in [1.29, 1.82) is 0 Å². The highest BCUT2D eigenvalue weighted by Crippen LogP contribution is 2.44. The van der Waals surface area contributed by atoms with E-state index in [2.05, 4.69) is 14.9 Å². The standard InChI is InChI=1S/C23H23F3N4O2S2/c1-34(32)9-16-4-2-15(3-5-16)6-19(31)29-10-22(11-29)12-30(13-22)20-18-7-17(8-23(24,25)26)33-21(18)28-14-27-20/h2-5,7,14H,6,8-13H2,1H3. The van der Waals surface area contributed by atoms with E-state index in [1.807, 2.05) is 29.2 Å². The average molecular weight is 509 g/mol. The number of thiophene rings is 1. The van der Waals surface area contributed by atoms with Crippen LogP contribution in [0.4, 0.5) is 19.0 Å². The molecule has 2 aromatic heterocycles. The molecule has 1 atom stereocenters. The van der Waals surface area contributed by atoms with Crippen molar-refractivity contribution in [3.8, 4) is 0 Å². The molecule has 1 aromatic carbocycles. The number of nitrogens with zero attached hydrogens (tertiary/aromatic N) is 4. The molecule has 0 aliphatic carbocycles. The molecular weight excluding hydrogens is 485 g/mol. The summed E-state index contributed by atoms with van der Waals surface area (Å²) in [6, 6.07) is 9.20. The summed E-state index contributed by atoms with van der Waals surface area (Å²) in [6.45, 7) is 2.78. The van der Waals surface area contributed by atoms with Gasteiger partial charge in [0.2, 0.25) is 5.91 Å². The molecule has 0 bridgehead atoms. The van der Waals surface area contributed by atoms with Crippen molar-refractivity contribution in [2.45, 2.75) is 24.8 Å². The third-order valence-electron chi connectivity index (χ3n) is 6.24. The molecule has 2 aliphatic rings. The van der Waals surface area contributed by atoms with E-state index in [1.165, 1.54) is 6.33 Å². The van der Waals surface area contributed by atoms with E-state index >= 15 is 0 Å². The second kappa shape index (κ2) is 8.60. The van der Waals surface area contributed by atoms with Crippen molar-refractivity contribution in [2.24, 2.45) is 5.41 Å². The number of aromatic nitrogens is 2. The highest BCUT2D eigenvalue weighted by Gasteiger charge is 2.53. The van der Waals surface area contributed by atoms with Crippen LogP contribution < -0.4 is 4.90 Å². The molecule has 3 aromatic rings. The summed E-state index contributed by atoms with van der Waals surface area (Å²) in [6.07, 6.45) is -1.82. The van der Waals surface area contributed by atoms with Crippen molar-refractivity contribution in [3.63, 3.8) is 0 Å². The van der Waals surface area contributed by atoms with Gasteiger partial charge in [0.25, 0.3) is 0 Å². The predicted octanol–water partition coefficient (Wildman–Crippen LogP) is 3.57. The second-order valence-corrected chi connectivity index (χ2v) is 11.8. The normalized spacial score (nSPS) is 18.1. The zero-order valence-corrected chi connectivity index (χ0v) is 20.1. The van der Waals surface area contributed by atoms with Gasteiger partial charge in [0.05, 0.1) is 18.2 Å². The van der Waals surface area contributed by atoms with E-state index in [4.69, 9.17) is 0 Å². The fraction of sp³-hybridized carbons (Fsp3) is 0.435. The number of halogens is 3. The third kappa shape index (κ3) is 4.81. The number of likely N-dealkylation sites (tertiary alicyclic amines) is 1. The lowest BCUT2D eigenvalue weighted by Crippen LogP contribution is -2.73. The van der Waals surface area contributed by atoms with Crippen LogP contribution in [0.3, 0.4) is 0 Å². The number of hydrogen-bond acceptors (Lipinski definition) is 6. The average Bonchev–Trinajstić information content (AvgIpc) is 3.08. The largest absolute Gasteiger partial charge is 0.393 e. The van der Waals surface area contributed by atoms with Gasteiger partial charge in [-0.15, -0.1) is 11.3 Å². The fourth-order valence-corrected chi connectivity index (χ4v) is 6.44. The van der Waals surface area contributed by atoms with Crippen LogP contribution >= 0.6 is 11.3 Å². The molecule has 1 amide bonds. The van der Waals surface area contributed by atoms with Gasteiger partial charge in [-0.2, -0.15) is 13.2 Å². The topological polar surface area (TPSA) is 66.4 Å². The van der Waals surface area contributed by atoms with Crippen LogP contribution in [-0.4, -0.2) is 63.6 Å². The van der Waals surface area contributed by atoms with Crippen molar-refractivity contribution < 1.29 is 22.2 Å². The first kappa shape index (κ1) is 23.2. The molecule has 1 spiro atoms. The highest BCUT2D eigenvalue weighted by atomic mass is 32.2. The van der Waals surface area contributed by atoms with Crippen LogP contribution in [0.2, 0.25) is 0 Å². The maximum Gasteiger partial charge on any atom is 0.393 e. The smallest absolute Gasteiger partial charge is 0.354 e. The number of alkyl halides is 3. The zero-order valence-electron chi connectivity index (χ0n) is 18.5. The molecule has 180 valence electrons. The monoisotopic (exact) mass is 508 g/mol. The highest BCUT2D eigenvalue weighted by molar-refractivity contribution is 7.83. The first-order valence-corrected chi connectivity index (χ1v) is 13.3. The molecule has 2 aliphatic heterocycles. The SMILES string of the molecule is CS(=O)Cc1ccc(CC(=O)N2CC3(C2)CN(c2ncnc4sc(CC(F)(F)F)cc24)C3)cc1. The summed E-state index contributed by atoms with van der Waals surface area (Å²) in [7, 11) is -0.897. The molecule has 2 fully saturated rings. The zero-order chi connectivity index (χ0) is 24.1. The van der Waals surface area contributed by atoms with Gasteiger partial charge in [0.15, 0.2) is 0 Å². The second-order valence-electron chi connectivity index (χ2n) is 9.24. The Bertz CT molecular complexity index is 1250. The van der Waals surface area contributed by atoms with Gasteiger partial charge in [-0.3, -0.25) is 9.00 Å². The Morgan fingerprint density at radius 3 is 2.44 bits per heavy atom. The summed E-state index contributed by atoms with van der Waals surface area (Å²) in [4.78, 5) is 25.9. The molecule has 11 heteroatoms. The maximum absolute atomic E-state index is 12.8. The van der Waals surface area contributed by atoms with E-state index in [0.717, 1.165) is 35.6 Å². The lowest BCUT2D eigenvalue weighted by molar-refractivity contribution is -0.144. The Balaban J connectivity index is 1.17. The van der Waals surface area contributed by atoms with E-state index in [9.17, 15) is 22.2 Å². The van der Waals surface area contributed by atoms with Crippen LogP contribution in [0.25, 0.3) is 10.2 Å². The summed E-state index contributed by atoms with van der Waals surface area (Å²) >= 11 is 1.05. The van der Waals surface area contributed by atoms with Crippen LogP contribution in [0.1, 0.15) is 16.0 Å². The van der Waals surface area contributed by atoms with E-state index in [0.29, 0.717) is 41.3 Å². The third-order valence-corrected chi connectivity index (χ3v) is 8.02. The summed E-state index contributed by atoms with van der Waals surface area (Å²) in [5.74, 6) is 1.25. The molecule has 34 heavy (non-hydrogen) atoms. The number of hydrogen-bond donors (Lipinski definition) is 0.